The molecule has 1 amide bonds. The van der Waals surface area contributed by atoms with Gasteiger partial charge in [-0.3, -0.25) is 4.79 Å². The van der Waals surface area contributed by atoms with Gasteiger partial charge in [0.2, 0.25) is 0 Å². The summed E-state index contributed by atoms with van der Waals surface area (Å²) in [5.41, 5.74) is 7.45. The van der Waals surface area contributed by atoms with Crippen LogP contribution in [0.4, 0.5) is 0 Å². The van der Waals surface area contributed by atoms with Gasteiger partial charge in [-0.1, -0.05) is 26.0 Å². The van der Waals surface area contributed by atoms with Crippen molar-refractivity contribution in [2.24, 2.45) is 17.6 Å². The number of hydrogen-bond donors (Lipinski definition) is 2. The first-order chi connectivity index (χ1) is 9.60. The summed E-state index contributed by atoms with van der Waals surface area (Å²) in [6.45, 7) is 5.15. The highest BCUT2D eigenvalue weighted by Gasteiger charge is 2.26. The van der Waals surface area contributed by atoms with E-state index >= 15 is 0 Å². The zero-order valence-corrected chi connectivity index (χ0v) is 12.6. The normalized spacial score (nSPS) is 26.2. The standard InChI is InChI=1S/C17H26N2O/c1-12-6-7-16(13(2)10-12)19-17(20)15-5-3-4-14(11-15)8-9-18/h3-5,11-13,16H,6-10,18H2,1-2H3,(H,19,20). The van der Waals surface area contributed by atoms with Crippen LogP contribution >= 0.6 is 0 Å². The fourth-order valence-corrected chi connectivity index (χ4v) is 3.17. The number of carbonyl (C=O) groups is 1. The molecular weight excluding hydrogens is 248 g/mol. The van der Waals surface area contributed by atoms with Crippen LogP contribution in [0, 0.1) is 11.8 Å². The van der Waals surface area contributed by atoms with E-state index in [0.717, 1.165) is 29.9 Å². The molecule has 0 bridgehead atoms. The predicted molar refractivity (Wildman–Crippen MR) is 82.6 cm³/mol. The highest BCUT2D eigenvalue weighted by molar-refractivity contribution is 5.94. The summed E-state index contributed by atoms with van der Waals surface area (Å²) in [6, 6.07) is 8.11. The van der Waals surface area contributed by atoms with Crippen LogP contribution in [0.2, 0.25) is 0 Å². The van der Waals surface area contributed by atoms with Crippen molar-refractivity contribution in [2.75, 3.05) is 6.54 Å². The first-order valence-electron chi connectivity index (χ1n) is 7.70. The molecule has 1 fully saturated rings. The van der Waals surface area contributed by atoms with E-state index in [9.17, 15) is 4.79 Å². The first-order valence-corrected chi connectivity index (χ1v) is 7.70. The second kappa shape index (κ2) is 6.89. The summed E-state index contributed by atoms with van der Waals surface area (Å²) >= 11 is 0. The van der Waals surface area contributed by atoms with E-state index in [1.54, 1.807) is 0 Å². The molecule has 1 aromatic carbocycles. The fraction of sp³-hybridized carbons (Fsp3) is 0.588. The molecular formula is C17H26N2O. The predicted octanol–water partition coefficient (Wildman–Crippen LogP) is 2.74. The highest BCUT2D eigenvalue weighted by atomic mass is 16.1. The molecule has 2 rings (SSSR count). The average molecular weight is 274 g/mol. The minimum Gasteiger partial charge on any atom is -0.349 e. The molecule has 0 saturated heterocycles. The lowest BCUT2D eigenvalue weighted by Crippen LogP contribution is -2.42. The van der Waals surface area contributed by atoms with Crippen LogP contribution in [0.15, 0.2) is 24.3 Å². The second-order valence-electron chi connectivity index (χ2n) is 6.21. The Balaban J connectivity index is 1.99. The van der Waals surface area contributed by atoms with Crippen LogP contribution in [0.3, 0.4) is 0 Å². The summed E-state index contributed by atoms with van der Waals surface area (Å²) in [7, 11) is 0. The summed E-state index contributed by atoms with van der Waals surface area (Å²) < 4.78 is 0. The quantitative estimate of drug-likeness (QED) is 0.887. The van der Waals surface area contributed by atoms with Crippen LogP contribution in [0.25, 0.3) is 0 Å². The van der Waals surface area contributed by atoms with Crippen LogP contribution in [-0.2, 0) is 6.42 Å². The molecule has 1 aromatic rings. The van der Waals surface area contributed by atoms with E-state index in [1.807, 2.05) is 24.3 Å². The molecule has 1 aliphatic rings. The molecule has 3 atom stereocenters. The van der Waals surface area contributed by atoms with E-state index in [2.05, 4.69) is 19.2 Å². The van der Waals surface area contributed by atoms with E-state index < -0.39 is 0 Å². The molecule has 0 radical (unpaired) electrons. The minimum absolute atomic E-state index is 0.0512. The van der Waals surface area contributed by atoms with Gasteiger partial charge in [0.15, 0.2) is 0 Å². The van der Waals surface area contributed by atoms with E-state index in [0.29, 0.717) is 18.5 Å². The lowest BCUT2D eigenvalue weighted by molar-refractivity contribution is 0.0899. The SMILES string of the molecule is CC1CCC(NC(=O)c2cccc(CCN)c2)C(C)C1. The lowest BCUT2D eigenvalue weighted by atomic mass is 9.80. The Morgan fingerprint density at radius 3 is 2.85 bits per heavy atom. The first kappa shape index (κ1) is 15.0. The van der Waals surface area contributed by atoms with Crippen molar-refractivity contribution in [3.8, 4) is 0 Å². The van der Waals surface area contributed by atoms with E-state index in [-0.39, 0.29) is 5.91 Å². The third kappa shape index (κ3) is 3.83. The summed E-state index contributed by atoms with van der Waals surface area (Å²) in [5, 5.41) is 3.20. The van der Waals surface area contributed by atoms with Crippen LogP contribution in [0.5, 0.6) is 0 Å². The number of amides is 1. The Morgan fingerprint density at radius 1 is 1.35 bits per heavy atom. The molecule has 3 nitrogen and oxygen atoms in total. The molecule has 3 unspecified atom stereocenters. The van der Waals surface area contributed by atoms with Gasteiger partial charge in [-0.2, -0.15) is 0 Å². The molecule has 1 aliphatic carbocycles. The Bertz CT molecular complexity index is 458. The molecule has 3 N–H and O–H groups in total. The molecule has 1 saturated carbocycles. The third-order valence-corrected chi connectivity index (χ3v) is 4.37. The van der Waals surface area contributed by atoms with E-state index in [1.165, 1.54) is 12.8 Å². The van der Waals surface area contributed by atoms with Crippen molar-refractivity contribution in [3.63, 3.8) is 0 Å². The summed E-state index contributed by atoms with van der Waals surface area (Å²) in [4.78, 5) is 12.4. The van der Waals surface area contributed by atoms with Gasteiger partial charge >= 0.3 is 0 Å². The molecule has 0 spiro atoms. The van der Waals surface area contributed by atoms with Crippen LogP contribution < -0.4 is 11.1 Å². The number of nitrogens with one attached hydrogen (secondary N) is 1. The highest BCUT2D eigenvalue weighted by Crippen LogP contribution is 2.28. The maximum absolute atomic E-state index is 12.4. The molecule has 0 heterocycles. The molecule has 20 heavy (non-hydrogen) atoms. The second-order valence-corrected chi connectivity index (χ2v) is 6.21. The van der Waals surface area contributed by atoms with Crippen LogP contribution in [0.1, 0.15) is 49.0 Å². The number of hydrogen-bond acceptors (Lipinski definition) is 2. The lowest BCUT2D eigenvalue weighted by Gasteiger charge is -2.33. The van der Waals surface area contributed by atoms with Crippen molar-refractivity contribution in [1.82, 2.24) is 5.32 Å². The summed E-state index contributed by atoms with van der Waals surface area (Å²) in [5.74, 6) is 1.40. The monoisotopic (exact) mass is 274 g/mol. The topological polar surface area (TPSA) is 55.1 Å². The fourth-order valence-electron chi connectivity index (χ4n) is 3.17. The maximum Gasteiger partial charge on any atom is 0.251 e. The van der Waals surface area contributed by atoms with Crippen molar-refractivity contribution >= 4 is 5.91 Å². The van der Waals surface area contributed by atoms with Crippen molar-refractivity contribution < 1.29 is 4.79 Å². The molecule has 3 heteroatoms. The Morgan fingerprint density at radius 2 is 2.15 bits per heavy atom. The zero-order chi connectivity index (χ0) is 14.5. The number of benzene rings is 1. The Kier molecular flexibility index (Phi) is 5.18. The van der Waals surface area contributed by atoms with E-state index in [4.69, 9.17) is 5.73 Å². The molecule has 0 aromatic heterocycles. The smallest absolute Gasteiger partial charge is 0.251 e. The van der Waals surface area contributed by atoms with Gasteiger partial charge in [0.05, 0.1) is 0 Å². The van der Waals surface area contributed by atoms with Gasteiger partial charge < -0.3 is 11.1 Å². The van der Waals surface area contributed by atoms with Crippen molar-refractivity contribution in [2.45, 2.75) is 45.6 Å². The summed E-state index contributed by atoms with van der Waals surface area (Å²) in [6.07, 6.45) is 4.33. The number of carbonyl (C=O) groups excluding carboxylic acids is 1. The van der Waals surface area contributed by atoms with Gasteiger partial charge in [-0.25, -0.2) is 0 Å². The van der Waals surface area contributed by atoms with Gasteiger partial charge in [0.25, 0.3) is 5.91 Å². The average Bonchev–Trinajstić information content (AvgIpc) is 2.42. The Hall–Kier alpha value is -1.35. The largest absolute Gasteiger partial charge is 0.349 e. The third-order valence-electron chi connectivity index (χ3n) is 4.37. The van der Waals surface area contributed by atoms with Gasteiger partial charge in [0, 0.05) is 11.6 Å². The minimum atomic E-state index is 0.0512. The van der Waals surface area contributed by atoms with Crippen molar-refractivity contribution in [3.05, 3.63) is 35.4 Å². The van der Waals surface area contributed by atoms with Crippen LogP contribution in [-0.4, -0.2) is 18.5 Å². The van der Waals surface area contributed by atoms with Crippen molar-refractivity contribution in [1.29, 1.82) is 0 Å². The Labute approximate surface area is 121 Å². The number of nitrogens with two attached hydrogens (primary N) is 1. The maximum atomic E-state index is 12.4. The van der Waals surface area contributed by atoms with Gasteiger partial charge in [-0.15, -0.1) is 0 Å². The van der Waals surface area contributed by atoms with Gasteiger partial charge in [0.1, 0.15) is 0 Å². The molecule has 0 aliphatic heterocycles. The zero-order valence-electron chi connectivity index (χ0n) is 12.6. The molecule has 110 valence electrons. The van der Waals surface area contributed by atoms with Gasteiger partial charge in [-0.05, 0) is 61.8 Å². The number of rotatable bonds is 4.